The smallest absolute Gasteiger partial charge is 0.124 e. The first-order valence-corrected chi connectivity index (χ1v) is 6.77. The van der Waals surface area contributed by atoms with Crippen molar-refractivity contribution >= 4 is 10.8 Å². The lowest BCUT2D eigenvalue weighted by Crippen LogP contribution is -1.99. The van der Waals surface area contributed by atoms with Crippen molar-refractivity contribution in [3.63, 3.8) is 0 Å². The Kier molecular flexibility index (Phi) is 3.87. The van der Waals surface area contributed by atoms with Crippen LogP contribution in [0.15, 0.2) is 47.4 Å². The van der Waals surface area contributed by atoms with Crippen molar-refractivity contribution in [2.45, 2.75) is 17.6 Å². The summed E-state index contributed by atoms with van der Waals surface area (Å²) in [5.41, 5.74) is 1.55. The second-order valence-electron chi connectivity index (χ2n) is 4.02. The van der Waals surface area contributed by atoms with Crippen molar-refractivity contribution in [3.8, 4) is 0 Å². The molecule has 94 valence electrons. The predicted molar refractivity (Wildman–Crippen MR) is 67.6 cm³/mol. The van der Waals surface area contributed by atoms with Gasteiger partial charge in [0.05, 0.1) is 16.6 Å². The van der Waals surface area contributed by atoms with Gasteiger partial charge < -0.3 is 0 Å². The minimum atomic E-state index is -1.37. The van der Waals surface area contributed by atoms with Crippen LogP contribution in [0.25, 0.3) is 0 Å². The summed E-state index contributed by atoms with van der Waals surface area (Å²) in [7, 11) is -1.37. The van der Waals surface area contributed by atoms with E-state index in [4.69, 9.17) is 0 Å². The molecule has 0 aromatic heterocycles. The molecule has 0 heterocycles. The Morgan fingerprint density at radius 1 is 1.06 bits per heavy atom. The first-order valence-electron chi connectivity index (χ1n) is 5.45. The van der Waals surface area contributed by atoms with Crippen LogP contribution < -0.4 is 0 Å². The summed E-state index contributed by atoms with van der Waals surface area (Å²) in [6, 6.07) is 10.0. The standard InChI is InChI=1S/C14H12F2OS/c1-10-5-6-13(16)7-11(10)9-18(17)14-4-2-3-12(15)8-14/h2-8H,9H2,1H3. The maximum Gasteiger partial charge on any atom is 0.124 e. The highest BCUT2D eigenvalue weighted by Gasteiger charge is 2.09. The molecule has 4 heteroatoms. The third-order valence-electron chi connectivity index (χ3n) is 2.66. The van der Waals surface area contributed by atoms with Gasteiger partial charge in [-0.15, -0.1) is 0 Å². The first kappa shape index (κ1) is 12.9. The zero-order valence-corrected chi connectivity index (χ0v) is 10.6. The minimum Gasteiger partial charge on any atom is -0.254 e. The molecule has 0 bridgehead atoms. The monoisotopic (exact) mass is 266 g/mol. The van der Waals surface area contributed by atoms with Crippen LogP contribution >= 0.6 is 0 Å². The van der Waals surface area contributed by atoms with E-state index >= 15 is 0 Å². The fourth-order valence-corrected chi connectivity index (χ4v) is 2.86. The van der Waals surface area contributed by atoms with E-state index in [9.17, 15) is 13.0 Å². The van der Waals surface area contributed by atoms with Crippen LogP contribution in [0.4, 0.5) is 8.78 Å². The molecule has 0 saturated carbocycles. The summed E-state index contributed by atoms with van der Waals surface area (Å²) in [6.07, 6.45) is 0. The van der Waals surface area contributed by atoms with Crippen molar-refractivity contribution in [2.75, 3.05) is 0 Å². The molecular weight excluding hydrogens is 254 g/mol. The lowest BCUT2D eigenvalue weighted by atomic mass is 10.1. The third kappa shape index (κ3) is 3.01. The molecule has 0 saturated heterocycles. The van der Waals surface area contributed by atoms with Crippen molar-refractivity contribution in [2.24, 2.45) is 0 Å². The van der Waals surface area contributed by atoms with E-state index in [1.54, 1.807) is 12.1 Å². The summed E-state index contributed by atoms with van der Waals surface area (Å²) in [5.74, 6) is -0.587. The molecule has 1 nitrogen and oxygen atoms in total. The van der Waals surface area contributed by atoms with Crippen LogP contribution in [-0.4, -0.2) is 4.21 Å². The van der Waals surface area contributed by atoms with E-state index in [1.807, 2.05) is 6.92 Å². The Morgan fingerprint density at radius 2 is 1.78 bits per heavy atom. The highest BCUT2D eigenvalue weighted by atomic mass is 32.2. The van der Waals surface area contributed by atoms with E-state index in [0.717, 1.165) is 5.56 Å². The maximum absolute atomic E-state index is 13.1. The lowest BCUT2D eigenvalue weighted by Gasteiger charge is -2.06. The zero-order valence-electron chi connectivity index (χ0n) is 9.82. The topological polar surface area (TPSA) is 17.1 Å². The van der Waals surface area contributed by atoms with Gasteiger partial charge in [-0.3, -0.25) is 4.21 Å². The molecule has 0 aliphatic carbocycles. The van der Waals surface area contributed by atoms with Crippen LogP contribution in [0.2, 0.25) is 0 Å². The fraction of sp³-hybridized carbons (Fsp3) is 0.143. The van der Waals surface area contributed by atoms with E-state index < -0.39 is 16.6 Å². The highest BCUT2D eigenvalue weighted by molar-refractivity contribution is 7.84. The lowest BCUT2D eigenvalue weighted by molar-refractivity contribution is 0.622. The quantitative estimate of drug-likeness (QED) is 0.830. The largest absolute Gasteiger partial charge is 0.254 e. The van der Waals surface area contributed by atoms with E-state index in [2.05, 4.69) is 0 Å². The molecule has 0 fully saturated rings. The number of rotatable bonds is 3. The summed E-state index contributed by atoms with van der Waals surface area (Å²) in [6.45, 7) is 1.83. The highest BCUT2D eigenvalue weighted by Crippen LogP contribution is 2.17. The summed E-state index contributed by atoms with van der Waals surface area (Å²) in [4.78, 5) is 0.415. The first-order chi connectivity index (χ1) is 8.56. The van der Waals surface area contributed by atoms with Crippen molar-refractivity contribution < 1.29 is 13.0 Å². The minimum absolute atomic E-state index is 0.188. The molecule has 2 aromatic rings. The molecule has 1 unspecified atom stereocenters. The number of hydrogen-bond acceptors (Lipinski definition) is 1. The summed E-state index contributed by atoms with van der Waals surface area (Å²) < 4.78 is 38.2. The molecule has 0 aliphatic heterocycles. The molecule has 0 N–H and O–H groups in total. The Balaban J connectivity index is 2.24. The van der Waals surface area contributed by atoms with Gasteiger partial charge in [0, 0.05) is 4.90 Å². The Bertz CT molecular complexity index is 596. The van der Waals surface area contributed by atoms with Crippen LogP contribution in [0.3, 0.4) is 0 Å². The van der Waals surface area contributed by atoms with Crippen LogP contribution in [0, 0.1) is 18.6 Å². The van der Waals surface area contributed by atoms with Gasteiger partial charge in [-0.2, -0.15) is 0 Å². The van der Waals surface area contributed by atoms with Gasteiger partial charge in [0.1, 0.15) is 11.6 Å². The molecule has 0 amide bonds. The molecule has 1 atom stereocenters. The van der Waals surface area contributed by atoms with Gasteiger partial charge >= 0.3 is 0 Å². The maximum atomic E-state index is 13.1. The second kappa shape index (κ2) is 5.40. The number of halogens is 2. The van der Waals surface area contributed by atoms with Crippen molar-refractivity contribution in [1.29, 1.82) is 0 Å². The Labute approximate surface area is 107 Å². The molecule has 2 rings (SSSR count). The zero-order chi connectivity index (χ0) is 13.1. The average Bonchev–Trinajstić information content (AvgIpc) is 2.34. The van der Waals surface area contributed by atoms with Crippen molar-refractivity contribution in [1.82, 2.24) is 0 Å². The second-order valence-corrected chi connectivity index (χ2v) is 5.47. The number of hydrogen-bond donors (Lipinski definition) is 0. The van der Waals surface area contributed by atoms with Gasteiger partial charge in [-0.1, -0.05) is 12.1 Å². The summed E-state index contributed by atoms with van der Waals surface area (Å²) >= 11 is 0. The van der Waals surface area contributed by atoms with E-state index in [-0.39, 0.29) is 11.6 Å². The number of aryl methyl sites for hydroxylation is 1. The van der Waals surface area contributed by atoms with Gasteiger partial charge in [0.25, 0.3) is 0 Å². The molecule has 2 aromatic carbocycles. The molecule has 0 spiro atoms. The van der Waals surface area contributed by atoms with Crippen LogP contribution in [0.1, 0.15) is 11.1 Å². The number of benzene rings is 2. The van der Waals surface area contributed by atoms with Crippen LogP contribution in [0.5, 0.6) is 0 Å². The van der Waals surface area contributed by atoms with Crippen LogP contribution in [-0.2, 0) is 16.6 Å². The van der Waals surface area contributed by atoms with Crippen molar-refractivity contribution in [3.05, 3.63) is 65.2 Å². The van der Waals surface area contributed by atoms with Gasteiger partial charge in [-0.05, 0) is 48.4 Å². The summed E-state index contributed by atoms with van der Waals surface area (Å²) in [5, 5.41) is 0. The molecule has 18 heavy (non-hydrogen) atoms. The molecule has 0 radical (unpaired) electrons. The van der Waals surface area contributed by atoms with Gasteiger partial charge in [-0.25, -0.2) is 8.78 Å². The Hall–Kier alpha value is -1.55. The Morgan fingerprint density at radius 3 is 2.50 bits per heavy atom. The normalized spacial score (nSPS) is 12.4. The SMILES string of the molecule is Cc1ccc(F)cc1CS(=O)c1cccc(F)c1. The van der Waals surface area contributed by atoms with E-state index in [0.29, 0.717) is 10.5 Å². The molecular formula is C14H12F2OS. The average molecular weight is 266 g/mol. The van der Waals surface area contributed by atoms with Gasteiger partial charge in [0.15, 0.2) is 0 Å². The van der Waals surface area contributed by atoms with Gasteiger partial charge in [0.2, 0.25) is 0 Å². The predicted octanol–water partition coefficient (Wildman–Crippen LogP) is 3.58. The third-order valence-corrected chi connectivity index (χ3v) is 4.01. The van der Waals surface area contributed by atoms with E-state index in [1.165, 1.54) is 30.3 Å². The molecule has 0 aliphatic rings. The fourth-order valence-electron chi connectivity index (χ4n) is 1.63.